The van der Waals surface area contributed by atoms with Gasteiger partial charge in [-0.25, -0.2) is 0 Å². The molecule has 0 aliphatic rings. The Hall–Kier alpha value is -1.03. The number of halogens is 2. The van der Waals surface area contributed by atoms with E-state index < -0.39 is 0 Å². The Balaban J connectivity index is 1.89. The highest BCUT2D eigenvalue weighted by Crippen LogP contribution is 2.18. The molecule has 3 nitrogen and oxygen atoms in total. The van der Waals surface area contributed by atoms with Crippen molar-refractivity contribution in [3.63, 3.8) is 0 Å². The van der Waals surface area contributed by atoms with Crippen molar-refractivity contribution in [2.24, 2.45) is 0 Å². The Labute approximate surface area is 103 Å². The molecule has 5 heteroatoms. The number of nitrogens with zero attached hydrogens (tertiary/aromatic N) is 1. The van der Waals surface area contributed by atoms with Crippen LogP contribution in [-0.2, 0) is 13.1 Å². The summed E-state index contributed by atoms with van der Waals surface area (Å²) in [5, 5.41) is 8.11. The molecule has 0 fully saturated rings. The van der Waals surface area contributed by atoms with Crippen LogP contribution in [0.4, 0.5) is 0 Å². The lowest BCUT2D eigenvalue weighted by Gasteiger charge is -2.04. The van der Waals surface area contributed by atoms with Crippen LogP contribution in [0.5, 0.6) is 0 Å². The first-order valence-electron chi connectivity index (χ1n) is 4.79. The zero-order chi connectivity index (χ0) is 11.4. The molecule has 2 rings (SSSR count). The zero-order valence-electron chi connectivity index (χ0n) is 8.41. The first-order chi connectivity index (χ1) is 7.74. The van der Waals surface area contributed by atoms with Gasteiger partial charge < -0.3 is 9.84 Å². The lowest BCUT2D eigenvalue weighted by atomic mass is 10.2. The van der Waals surface area contributed by atoms with Crippen LogP contribution in [-0.4, -0.2) is 5.16 Å². The molecule has 2 aromatic rings. The number of rotatable bonds is 4. The third-order valence-corrected chi connectivity index (χ3v) is 2.48. The summed E-state index contributed by atoms with van der Waals surface area (Å²) in [5.41, 5.74) is 1.04. The monoisotopic (exact) mass is 256 g/mol. The Bertz CT molecular complexity index is 437. The fraction of sp³-hybridized carbons (Fsp3) is 0.182. The standard InChI is InChI=1S/C11H10Cl2N2O/c12-9-3-8(4-10(13)5-9)6-14-7-11-1-2-15-16-11/h1-5,14H,6-7H2. The summed E-state index contributed by atoms with van der Waals surface area (Å²) >= 11 is 11.8. The molecule has 0 saturated heterocycles. The lowest BCUT2D eigenvalue weighted by Crippen LogP contribution is -2.12. The number of nitrogens with one attached hydrogen (secondary N) is 1. The molecule has 1 heterocycles. The van der Waals surface area contributed by atoms with Gasteiger partial charge in [0.1, 0.15) is 5.76 Å². The van der Waals surface area contributed by atoms with Gasteiger partial charge in [0.2, 0.25) is 0 Å². The van der Waals surface area contributed by atoms with Crippen LogP contribution >= 0.6 is 23.2 Å². The highest BCUT2D eigenvalue weighted by Gasteiger charge is 1.99. The second-order valence-corrected chi connectivity index (χ2v) is 4.23. The first-order valence-corrected chi connectivity index (χ1v) is 5.55. The van der Waals surface area contributed by atoms with Crippen LogP contribution in [0.2, 0.25) is 10.0 Å². The maximum atomic E-state index is 5.89. The summed E-state index contributed by atoms with van der Waals surface area (Å²) in [6.45, 7) is 1.31. The zero-order valence-corrected chi connectivity index (χ0v) is 9.92. The summed E-state index contributed by atoms with van der Waals surface area (Å²) in [5.74, 6) is 0.799. The Morgan fingerprint density at radius 3 is 2.50 bits per heavy atom. The Morgan fingerprint density at radius 1 is 1.12 bits per heavy atom. The van der Waals surface area contributed by atoms with Gasteiger partial charge in [-0.1, -0.05) is 28.4 Å². The molecule has 0 saturated carbocycles. The molecule has 1 aromatic carbocycles. The first kappa shape index (κ1) is 11.5. The van der Waals surface area contributed by atoms with Crippen LogP contribution in [0, 0.1) is 0 Å². The van der Waals surface area contributed by atoms with Crippen LogP contribution in [0.1, 0.15) is 11.3 Å². The van der Waals surface area contributed by atoms with Gasteiger partial charge >= 0.3 is 0 Å². The lowest BCUT2D eigenvalue weighted by molar-refractivity contribution is 0.373. The summed E-state index contributed by atoms with van der Waals surface area (Å²) in [6, 6.07) is 7.28. The van der Waals surface area contributed by atoms with Crippen LogP contribution in [0.3, 0.4) is 0 Å². The fourth-order valence-corrected chi connectivity index (χ4v) is 1.95. The van der Waals surface area contributed by atoms with Crippen LogP contribution < -0.4 is 5.32 Å². The molecule has 0 aliphatic carbocycles. The van der Waals surface area contributed by atoms with Crippen LogP contribution in [0.25, 0.3) is 0 Å². The van der Waals surface area contributed by atoms with Crippen molar-refractivity contribution in [2.75, 3.05) is 0 Å². The van der Waals surface area contributed by atoms with E-state index in [1.807, 2.05) is 18.2 Å². The average Bonchev–Trinajstić information content (AvgIpc) is 2.69. The van der Waals surface area contributed by atoms with E-state index in [-0.39, 0.29) is 0 Å². The van der Waals surface area contributed by atoms with E-state index in [4.69, 9.17) is 27.7 Å². The molecule has 0 bridgehead atoms. The van der Waals surface area contributed by atoms with E-state index in [2.05, 4.69) is 10.5 Å². The largest absolute Gasteiger partial charge is 0.360 e. The van der Waals surface area contributed by atoms with Crippen molar-refractivity contribution in [2.45, 2.75) is 13.1 Å². The topological polar surface area (TPSA) is 38.1 Å². The third kappa shape index (κ3) is 3.23. The van der Waals surface area contributed by atoms with Crippen molar-refractivity contribution >= 4 is 23.2 Å². The normalized spacial score (nSPS) is 10.6. The van der Waals surface area contributed by atoms with Crippen molar-refractivity contribution in [1.82, 2.24) is 10.5 Å². The van der Waals surface area contributed by atoms with E-state index in [1.165, 1.54) is 0 Å². The van der Waals surface area contributed by atoms with Crippen LogP contribution in [0.15, 0.2) is 35.0 Å². The second-order valence-electron chi connectivity index (χ2n) is 3.36. The SMILES string of the molecule is Clc1cc(Cl)cc(CNCc2ccno2)c1. The van der Waals surface area contributed by atoms with E-state index in [0.29, 0.717) is 23.1 Å². The fourth-order valence-electron chi connectivity index (χ4n) is 1.38. The van der Waals surface area contributed by atoms with Crippen molar-refractivity contribution in [3.8, 4) is 0 Å². The number of hydrogen-bond acceptors (Lipinski definition) is 3. The van der Waals surface area contributed by atoms with Gasteiger partial charge in [-0.15, -0.1) is 0 Å². The molecule has 0 radical (unpaired) electrons. The van der Waals surface area contributed by atoms with Gasteiger partial charge in [-0.3, -0.25) is 0 Å². The van der Waals surface area contributed by atoms with Crippen molar-refractivity contribution in [1.29, 1.82) is 0 Å². The molecule has 1 N–H and O–H groups in total. The predicted molar refractivity (Wildman–Crippen MR) is 63.5 cm³/mol. The maximum Gasteiger partial charge on any atom is 0.150 e. The molecule has 0 aliphatic heterocycles. The minimum absolute atomic E-state index is 0.629. The highest BCUT2D eigenvalue weighted by molar-refractivity contribution is 6.34. The molecule has 1 aromatic heterocycles. The summed E-state index contributed by atoms with van der Waals surface area (Å²) < 4.78 is 4.95. The van der Waals surface area contributed by atoms with Gasteiger partial charge in [-0.2, -0.15) is 0 Å². The molecule has 0 atom stereocenters. The van der Waals surface area contributed by atoms with Gasteiger partial charge in [0, 0.05) is 22.7 Å². The quantitative estimate of drug-likeness (QED) is 0.913. The van der Waals surface area contributed by atoms with Crippen molar-refractivity contribution in [3.05, 3.63) is 51.8 Å². The number of aromatic nitrogens is 1. The third-order valence-electron chi connectivity index (χ3n) is 2.04. The average molecular weight is 257 g/mol. The van der Waals surface area contributed by atoms with Gasteiger partial charge in [0.05, 0.1) is 12.7 Å². The van der Waals surface area contributed by atoms with Gasteiger partial charge in [0.25, 0.3) is 0 Å². The maximum absolute atomic E-state index is 5.89. The molecule has 0 amide bonds. The van der Waals surface area contributed by atoms with E-state index >= 15 is 0 Å². The predicted octanol–water partition coefficient (Wildman–Crippen LogP) is 3.27. The molecule has 0 spiro atoms. The molecular formula is C11H10Cl2N2O. The highest BCUT2D eigenvalue weighted by atomic mass is 35.5. The smallest absolute Gasteiger partial charge is 0.150 e. The Morgan fingerprint density at radius 2 is 1.88 bits per heavy atom. The summed E-state index contributed by atoms with van der Waals surface area (Å²) in [4.78, 5) is 0. The summed E-state index contributed by atoms with van der Waals surface area (Å²) in [6.07, 6.45) is 1.62. The summed E-state index contributed by atoms with van der Waals surface area (Å²) in [7, 11) is 0. The minimum Gasteiger partial charge on any atom is -0.360 e. The van der Waals surface area contributed by atoms with Crippen molar-refractivity contribution < 1.29 is 4.52 Å². The van der Waals surface area contributed by atoms with Gasteiger partial charge in [0.15, 0.2) is 0 Å². The van der Waals surface area contributed by atoms with Gasteiger partial charge in [-0.05, 0) is 23.8 Å². The number of benzene rings is 1. The molecule has 0 unspecified atom stereocenters. The second kappa shape index (κ2) is 5.34. The van der Waals surface area contributed by atoms with E-state index in [1.54, 1.807) is 12.3 Å². The molecular weight excluding hydrogens is 247 g/mol. The molecule has 84 valence electrons. The Kier molecular flexibility index (Phi) is 3.83. The van der Waals surface area contributed by atoms with E-state index in [9.17, 15) is 0 Å². The van der Waals surface area contributed by atoms with E-state index in [0.717, 1.165) is 11.3 Å². The molecule has 16 heavy (non-hydrogen) atoms. The minimum atomic E-state index is 0.629. The number of hydrogen-bond donors (Lipinski definition) is 1.